The fourth-order valence-electron chi connectivity index (χ4n) is 2.89. The van der Waals surface area contributed by atoms with Gasteiger partial charge in [0.1, 0.15) is 12.1 Å². The van der Waals surface area contributed by atoms with Crippen molar-refractivity contribution in [2.24, 2.45) is 0 Å². The molecule has 1 aromatic rings. The van der Waals surface area contributed by atoms with Crippen LogP contribution in [0.15, 0.2) is 30.3 Å². The highest BCUT2D eigenvalue weighted by Crippen LogP contribution is 2.33. The number of hydrogen-bond donors (Lipinski definition) is 2. The molecule has 2 N–H and O–H groups in total. The van der Waals surface area contributed by atoms with Gasteiger partial charge < -0.3 is 10.6 Å². The average Bonchev–Trinajstić information content (AvgIpc) is 2.73. The third-order valence-electron chi connectivity index (χ3n) is 3.82. The highest BCUT2D eigenvalue weighted by atomic mass is 16.2. The maximum atomic E-state index is 12.9. The Hall–Kier alpha value is -2.37. The second-order valence-corrected chi connectivity index (χ2v) is 6.07. The van der Waals surface area contributed by atoms with Gasteiger partial charge in [0, 0.05) is 6.04 Å². The number of benzene rings is 1. The lowest BCUT2D eigenvalue weighted by atomic mass is 9.85. The lowest BCUT2D eigenvalue weighted by Gasteiger charge is -2.26. The molecule has 0 aliphatic carbocycles. The Morgan fingerprint density at radius 1 is 1.26 bits per heavy atom. The lowest BCUT2D eigenvalue weighted by Crippen LogP contribution is -2.45. The van der Waals surface area contributed by atoms with Gasteiger partial charge in [0.25, 0.3) is 5.91 Å². The van der Waals surface area contributed by atoms with E-state index in [9.17, 15) is 14.4 Å². The Morgan fingerprint density at radius 2 is 1.91 bits per heavy atom. The molecule has 6 heteroatoms. The van der Waals surface area contributed by atoms with Crippen LogP contribution in [0.25, 0.3) is 0 Å². The largest absolute Gasteiger partial charge is 0.352 e. The maximum Gasteiger partial charge on any atom is 0.325 e. The molecular formula is C17H23N3O3. The Kier molecular flexibility index (Phi) is 5.03. The first-order valence-corrected chi connectivity index (χ1v) is 7.89. The van der Waals surface area contributed by atoms with Crippen molar-refractivity contribution >= 4 is 17.8 Å². The molecule has 1 saturated heterocycles. The topological polar surface area (TPSA) is 78.5 Å². The van der Waals surface area contributed by atoms with Crippen LogP contribution >= 0.6 is 0 Å². The van der Waals surface area contributed by atoms with Crippen LogP contribution in [-0.4, -0.2) is 35.3 Å². The van der Waals surface area contributed by atoms with E-state index >= 15 is 0 Å². The van der Waals surface area contributed by atoms with Crippen LogP contribution in [-0.2, 0) is 15.1 Å². The summed E-state index contributed by atoms with van der Waals surface area (Å²) in [7, 11) is 0. The molecule has 0 saturated carbocycles. The summed E-state index contributed by atoms with van der Waals surface area (Å²) in [5.41, 5.74) is -0.336. The summed E-state index contributed by atoms with van der Waals surface area (Å²) in [5, 5.41) is 5.50. The lowest BCUT2D eigenvalue weighted by molar-refractivity contribution is -0.135. The molecule has 124 valence electrons. The highest BCUT2D eigenvalue weighted by molar-refractivity contribution is 6.09. The van der Waals surface area contributed by atoms with Gasteiger partial charge in [-0.3, -0.25) is 14.5 Å². The second-order valence-electron chi connectivity index (χ2n) is 6.07. The van der Waals surface area contributed by atoms with Crippen LogP contribution in [0.3, 0.4) is 0 Å². The van der Waals surface area contributed by atoms with Gasteiger partial charge >= 0.3 is 6.03 Å². The van der Waals surface area contributed by atoms with E-state index in [0.29, 0.717) is 6.42 Å². The van der Waals surface area contributed by atoms with Gasteiger partial charge in [-0.05, 0) is 25.8 Å². The molecule has 1 aliphatic rings. The molecule has 1 aromatic carbocycles. The Morgan fingerprint density at radius 3 is 2.48 bits per heavy atom. The van der Waals surface area contributed by atoms with Crippen LogP contribution in [0.2, 0.25) is 0 Å². The minimum Gasteiger partial charge on any atom is -0.352 e. The molecule has 0 unspecified atom stereocenters. The number of urea groups is 1. The molecule has 0 radical (unpaired) electrons. The third kappa shape index (κ3) is 3.36. The maximum absolute atomic E-state index is 12.9. The van der Waals surface area contributed by atoms with Crippen molar-refractivity contribution in [2.75, 3.05) is 6.54 Å². The van der Waals surface area contributed by atoms with Gasteiger partial charge in [-0.15, -0.1) is 0 Å². The molecule has 1 atom stereocenters. The molecule has 0 aromatic heterocycles. The molecule has 23 heavy (non-hydrogen) atoms. The normalized spacial score (nSPS) is 20.8. The predicted octanol–water partition coefficient (Wildman–Crippen LogP) is 1.76. The number of hydrogen-bond acceptors (Lipinski definition) is 3. The quantitative estimate of drug-likeness (QED) is 0.785. The van der Waals surface area contributed by atoms with E-state index in [-0.39, 0.29) is 24.4 Å². The molecule has 2 rings (SSSR count). The average molecular weight is 317 g/mol. The van der Waals surface area contributed by atoms with E-state index in [0.717, 1.165) is 16.9 Å². The van der Waals surface area contributed by atoms with Gasteiger partial charge in [-0.25, -0.2) is 4.79 Å². The van der Waals surface area contributed by atoms with E-state index in [1.54, 1.807) is 0 Å². The zero-order valence-electron chi connectivity index (χ0n) is 13.8. The Balaban J connectivity index is 2.28. The second kappa shape index (κ2) is 6.81. The number of carbonyl (C=O) groups excluding carboxylic acids is 3. The smallest absolute Gasteiger partial charge is 0.325 e. The SMILES string of the molecule is CCC[C@@]1(c2ccccc2)NC(=O)N(CC(=O)NC(C)C)C1=O. The molecule has 0 bridgehead atoms. The predicted molar refractivity (Wildman–Crippen MR) is 86.6 cm³/mol. The van der Waals surface area contributed by atoms with Crippen molar-refractivity contribution in [3.05, 3.63) is 35.9 Å². The van der Waals surface area contributed by atoms with Crippen molar-refractivity contribution in [3.8, 4) is 0 Å². The third-order valence-corrected chi connectivity index (χ3v) is 3.82. The summed E-state index contributed by atoms with van der Waals surface area (Å²) >= 11 is 0. The standard InChI is InChI=1S/C17H23N3O3/c1-4-10-17(13-8-6-5-7-9-13)15(22)20(16(23)19-17)11-14(21)18-12(2)3/h5-9,12H,4,10-11H2,1-3H3,(H,18,21)(H,19,23)/t17-/m0/s1. The number of amides is 4. The molecule has 1 fully saturated rings. The molecule has 1 aliphatic heterocycles. The highest BCUT2D eigenvalue weighted by Gasteiger charge is 2.52. The molecular weight excluding hydrogens is 294 g/mol. The molecule has 0 spiro atoms. The van der Waals surface area contributed by atoms with Gasteiger partial charge in [0.15, 0.2) is 0 Å². The molecule has 6 nitrogen and oxygen atoms in total. The number of rotatable bonds is 6. The van der Waals surface area contributed by atoms with Crippen LogP contribution < -0.4 is 10.6 Å². The van der Waals surface area contributed by atoms with Crippen molar-refractivity contribution in [1.82, 2.24) is 15.5 Å². The fraction of sp³-hybridized carbons (Fsp3) is 0.471. The van der Waals surface area contributed by atoms with Crippen LogP contribution in [0.5, 0.6) is 0 Å². The molecule has 1 heterocycles. The van der Waals surface area contributed by atoms with Crippen LogP contribution in [0.1, 0.15) is 39.2 Å². The summed E-state index contributed by atoms with van der Waals surface area (Å²) in [5.74, 6) is -0.710. The minimum atomic E-state index is -1.08. The van der Waals surface area contributed by atoms with E-state index in [1.807, 2.05) is 51.1 Å². The first-order valence-electron chi connectivity index (χ1n) is 7.89. The number of carbonyl (C=O) groups is 3. The summed E-state index contributed by atoms with van der Waals surface area (Å²) in [6, 6.07) is 8.61. The Bertz CT molecular complexity index is 600. The zero-order chi connectivity index (χ0) is 17.0. The number of imide groups is 1. The summed E-state index contributed by atoms with van der Waals surface area (Å²) in [4.78, 5) is 38.1. The van der Waals surface area contributed by atoms with Gasteiger partial charge in [0.05, 0.1) is 0 Å². The van der Waals surface area contributed by atoms with E-state index in [4.69, 9.17) is 0 Å². The van der Waals surface area contributed by atoms with Crippen LogP contribution in [0, 0.1) is 0 Å². The van der Waals surface area contributed by atoms with Crippen molar-refractivity contribution < 1.29 is 14.4 Å². The molecule has 4 amide bonds. The van der Waals surface area contributed by atoms with Crippen LogP contribution in [0.4, 0.5) is 4.79 Å². The summed E-state index contributed by atoms with van der Waals surface area (Å²) < 4.78 is 0. The summed E-state index contributed by atoms with van der Waals surface area (Å²) in [6.07, 6.45) is 1.22. The van der Waals surface area contributed by atoms with E-state index in [1.165, 1.54) is 0 Å². The zero-order valence-corrected chi connectivity index (χ0v) is 13.8. The number of nitrogens with zero attached hydrogens (tertiary/aromatic N) is 1. The fourth-order valence-corrected chi connectivity index (χ4v) is 2.89. The van der Waals surface area contributed by atoms with E-state index < -0.39 is 11.6 Å². The van der Waals surface area contributed by atoms with Gasteiger partial charge in [0.2, 0.25) is 5.91 Å². The first-order chi connectivity index (χ1) is 10.9. The minimum absolute atomic E-state index is 0.0437. The van der Waals surface area contributed by atoms with Gasteiger partial charge in [-0.1, -0.05) is 43.7 Å². The van der Waals surface area contributed by atoms with Crippen molar-refractivity contribution in [2.45, 2.75) is 45.2 Å². The monoisotopic (exact) mass is 317 g/mol. The van der Waals surface area contributed by atoms with E-state index in [2.05, 4.69) is 10.6 Å². The number of nitrogens with one attached hydrogen (secondary N) is 2. The van der Waals surface area contributed by atoms with Gasteiger partial charge in [-0.2, -0.15) is 0 Å². The Labute approximate surface area is 136 Å². The summed E-state index contributed by atoms with van der Waals surface area (Å²) in [6.45, 7) is 5.35. The van der Waals surface area contributed by atoms with Crippen molar-refractivity contribution in [3.63, 3.8) is 0 Å². The first kappa shape index (κ1) is 17.0. The van der Waals surface area contributed by atoms with Crippen molar-refractivity contribution in [1.29, 1.82) is 0 Å².